The van der Waals surface area contributed by atoms with Gasteiger partial charge in [0, 0.05) is 19.0 Å². The van der Waals surface area contributed by atoms with Crippen LogP contribution in [0.15, 0.2) is 12.4 Å². The Labute approximate surface area is 101 Å². The molecule has 1 aromatic rings. The molecule has 1 atom stereocenters. The minimum absolute atomic E-state index is 0.186. The summed E-state index contributed by atoms with van der Waals surface area (Å²) in [5.41, 5.74) is 0. The first-order valence-corrected chi connectivity index (χ1v) is 6.11. The lowest BCUT2D eigenvalue weighted by Gasteiger charge is -2.23. The normalized spacial score (nSPS) is 20.2. The minimum Gasteiger partial charge on any atom is -0.460 e. The zero-order valence-electron chi connectivity index (χ0n) is 10.1. The molecule has 1 aliphatic heterocycles. The molecule has 1 aromatic heterocycles. The van der Waals surface area contributed by atoms with Crippen molar-refractivity contribution in [1.29, 1.82) is 0 Å². The van der Waals surface area contributed by atoms with E-state index in [4.69, 9.17) is 9.47 Å². The van der Waals surface area contributed by atoms with Gasteiger partial charge in [0.2, 0.25) is 5.82 Å². The van der Waals surface area contributed by atoms with Crippen LogP contribution in [0.1, 0.15) is 36.8 Å². The molecule has 0 saturated carbocycles. The molecule has 0 spiro atoms. The molecular formula is C12H18N2O3. The number of carbonyl (C=O) groups excluding carboxylic acids is 1. The smallest absolute Gasteiger partial charge is 0.374 e. The van der Waals surface area contributed by atoms with Gasteiger partial charge in [-0.1, -0.05) is 0 Å². The third-order valence-electron chi connectivity index (χ3n) is 2.85. The molecule has 0 N–H and O–H groups in total. The number of carbonyl (C=O) groups is 1. The summed E-state index contributed by atoms with van der Waals surface area (Å²) in [5.74, 6) is -0.00525. The van der Waals surface area contributed by atoms with E-state index in [1.807, 2.05) is 4.57 Å². The summed E-state index contributed by atoms with van der Waals surface area (Å²) < 4.78 is 12.4. The van der Waals surface area contributed by atoms with Crippen LogP contribution in [0, 0.1) is 0 Å². The number of hydrogen-bond acceptors (Lipinski definition) is 4. The molecule has 0 bridgehead atoms. The van der Waals surface area contributed by atoms with Gasteiger partial charge < -0.3 is 14.0 Å². The predicted molar refractivity (Wildman–Crippen MR) is 61.8 cm³/mol. The molecule has 0 aliphatic carbocycles. The van der Waals surface area contributed by atoms with E-state index in [0.717, 1.165) is 19.4 Å². The van der Waals surface area contributed by atoms with Gasteiger partial charge in [0.25, 0.3) is 0 Å². The van der Waals surface area contributed by atoms with Crippen LogP contribution < -0.4 is 0 Å². The molecule has 0 amide bonds. The van der Waals surface area contributed by atoms with Crippen molar-refractivity contribution in [3.8, 4) is 0 Å². The summed E-state index contributed by atoms with van der Waals surface area (Å²) in [4.78, 5) is 15.7. The zero-order chi connectivity index (χ0) is 12.1. The van der Waals surface area contributed by atoms with E-state index in [2.05, 4.69) is 4.98 Å². The average molecular weight is 238 g/mol. The van der Waals surface area contributed by atoms with Gasteiger partial charge in [-0.2, -0.15) is 0 Å². The Balaban J connectivity index is 2.00. The largest absolute Gasteiger partial charge is 0.460 e. The molecule has 94 valence electrons. The van der Waals surface area contributed by atoms with Gasteiger partial charge in [-0.25, -0.2) is 9.78 Å². The van der Waals surface area contributed by atoms with Crippen LogP contribution in [0.5, 0.6) is 0 Å². The molecule has 1 saturated heterocycles. The lowest BCUT2D eigenvalue weighted by molar-refractivity contribution is 0.00502. The van der Waals surface area contributed by atoms with Crippen molar-refractivity contribution in [3.63, 3.8) is 0 Å². The fourth-order valence-electron chi connectivity index (χ4n) is 2.01. The second-order valence-corrected chi connectivity index (χ2v) is 4.11. The van der Waals surface area contributed by atoms with Gasteiger partial charge in [0.1, 0.15) is 0 Å². The van der Waals surface area contributed by atoms with Crippen molar-refractivity contribution in [3.05, 3.63) is 18.2 Å². The number of aromatic nitrogens is 2. The number of rotatable bonds is 4. The summed E-state index contributed by atoms with van der Waals surface area (Å²) in [6.07, 6.45) is 6.96. The van der Waals surface area contributed by atoms with E-state index in [0.29, 0.717) is 19.0 Å². The quantitative estimate of drug-likeness (QED) is 0.748. The second kappa shape index (κ2) is 5.82. The van der Waals surface area contributed by atoms with E-state index in [-0.39, 0.29) is 12.1 Å². The summed E-state index contributed by atoms with van der Waals surface area (Å²) in [7, 11) is 0. The lowest BCUT2D eigenvalue weighted by atomic mass is 10.1. The van der Waals surface area contributed by atoms with E-state index < -0.39 is 0 Å². The Morgan fingerprint density at radius 2 is 2.53 bits per heavy atom. The molecular weight excluding hydrogens is 220 g/mol. The highest BCUT2D eigenvalue weighted by Crippen LogP contribution is 2.15. The van der Waals surface area contributed by atoms with E-state index in [1.54, 1.807) is 19.3 Å². The molecule has 5 heteroatoms. The van der Waals surface area contributed by atoms with Crippen LogP contribution in [0.25, 0.3) is 0 Å². The maximum atomic E-state index is 11.6. The van der Waals surface area contributed by atoms with Crippen molar-refractivity contribution in [2.45, 2.75) is 38.8 Å². The van der Waals surface area contributed by atoms with Gasteiger partial charge in [-0.05, 0) is 26.2 Å². The van der Waals surface area contributed by atoms with Crippen molar-refractivity contribution < 1.29 is 14.3 Å². The lowest BCUT2D eigenvalue weighted by Crippen LogP contribution is -2.26. The van der Waals surface area contributed by atoms with Crippen molar-refractivity contribution in [2.75, 3.05) is 13.2 Å². The number of ether oxygens (including phenoxy) is 2. The summed E-state index contributed by atoms with van der Waals surface area (Å²) >= 11 is 0. The Morgan fingerprint density at radius 1 is 1.65 bits per heavy atom. The maximum Gasteiger partial charge on any atom is 0.374 e. The highest BCUT2D eigenvalue weighted by Gasteiger charge is 2.19. The minimum atomic E-state index is -0.367. The first-order chi connectivity index (χ1) is 8.31. The predicted octanol–water partition coefficient (Wildman–Crippen LogP) is 1.63. The molecule has 0 radical (unpaired) electrons. The van der Waals surface area contributed by atoms with Gasteiger partial charge >= 0.3 is 5.97 Å². The molecule has 2 heterocycles. The third kappa shape index (κ3) is 3.06. The molecule has 1 aliphatic rings. The Hall–Kier alpha value is -1.36. The topological polar surface area (TPSA) is 53.3 Å². The number of hydrogen-bond donors (Lipinski definition) is 0. The van der Waals surface area contributed by atoms with Crippen LogP contribution in [0.4, 0.5) is 0 Å². The van der Waals surface area contributed by atoms with Gasteiger partial charge in [-0.15, -0.1) is 0 Å². The number of imidazole rings is 1. The Kier molecular flexibility index (Phi) is 4.14. The third-order valence-corrected chi connectivity index (χ3v) is 2.85. The van der Waals surface area contributed by atoms with Gasteiger partial charge in [-0.3, -0.25) is 0 Å². The van der Waals surface area contributed by atoms with Crippen molar-refractivity contribution in [2.24, 2.45) is 0 Å². The Bertz CT molecular complexity index is 370. The second-order valence-electron chi connectivity index (χ2n) is 4.11. The average Bonchev–Trinajstić information content (AvgIpc) is 2.79. The molecule has 0 unspecified atom stereocenters. The fraction of sp³-hybridized carbons (Fsp3) is 0.667. The number of esters is 1. The monoisotopic (exact) mass is 238 g/mol. The van der Waals surface area contributed by atoms with Crippen LogP contribution in [0.3, 0.4) is 0 Å². The molecule has 2 rings (SSSR count). The van der Waals surface area contributed by atoms with Crippen LogP contribution in [0.2, 0.25) is 0 Å². The standard InChI is InChI=1S/C12H18N2O3/c1-2-16-12(15)11-13-6-7-14(11)9-10-5-3-4-8-17-10/h6-7,10H,2-5,8-9H2,1H3/t10-/m1/s1. The summed E-state index contributed by atoms with van der Waals surface area (Å²) in [6.45, 7) is 3.64. The first-order valence-electron chi connectivity index (χ1n) is 6.11. The maximum absolute atomic E-state index is 11.6. The van der Waals surface area contributed by atoms with Crippen LogP contribution >= 0.6 is 0 Å². The first kappa shape index (κ1) is 12.1. The van der Waals surface area contributed by atoms with Crippen LogP contribution in [-0.2, 0) is 16.0 Å². The summed E-state index contributed by atoms with van der Waals surface area (Å²) in [5, 5.41) is 0. The zero-order valence-corrected chi connectivity index (χ0v) is 10.1. The Morgan fingerprint density at radius 3 is 3.24 bits per heavy atom. The van der Waals surface area contributed by atoms with E-state index in [9.17, 15) is 4.79 Å². The SMILES string of the molecule is CCOC(=O)c1nccn1C[C@H]1CCCCO1. The highest BCUT2D eigenvalue weighted by molar-refractivity contribution is 5.85. The van der Waals surface area contributed by atoms with E-state index in [1.165, 1.54) is 6.42 Å². The molecule has 1 fully saturated rings. The molecule has 0 aromatic carbocycles. The van der Waals surface area contributed by atoms with Gasteiger partial charge in [0.15, 0.2) is 0 Å². The number of nitrogens with zero attached hydrogens (tertiary/aromatic N) is 2. The fourth-order valence-corrected chi connectivity index (χ4v) is 2.01. The van der Waals surface area contributed by atoms with Crippen molar-refractivity contribution >= 4 is 5.97 Å². The molecule has 5 nitrogen and oxygen atoms in total. The molecule has 17 heavy (non-hydrogen) atoms. The van der Waals surface area contributed by atoms with Gasteiger partial charge in [0.05, 0.1) is 19.3 Å². The van der Waals surface area contributed by atoms with Crippen molar-refractivity contribution in [1.82, 2.24) is 9.55 Å². The van der Waals surface area contributed by atoms with Crippen LogP contribution in [-0.4, -0.2) is 34.8 Å². The highest BCUT2D eigenvalue weighted by atomic mass is 16.5. The summed E-state index contributed by atoms with van der Waals surface area (Å²) in [6, 6.07) is 0. The van der Waals surface area contributed by atoms with E-state index >= 15 is 0 Å².